The fourth-order valence-corrected chi connectivity index (χ4v) is 2.62. The van der Waals surface area contributed by atoms with Gasteiger partial charge in [-0.05, 0) is 42.2 Å². The van der Waals surface area contributed by atoms with E-state index in [0.717, 1.165) is 17.5 Å². The van der Waals surface area contributed by atoms with Crippen LogP contribution < -0.4 is 9.47 Å². The van der Waals surface area contributed by atoms with E-state index in [0.29, 0.717) is 29.5 Å². The number of rotatable bonds is 9. The topological polar surface area (TPSA) is 64.7 Å². The molecule has 3 rings (SSSR count). The van der Waals surface area contributed by atoms with E-state index in [1.807, 2.05) is 60.7 Å². The van der Waals surface area contributed by atoms with Crippen molar-refractivity contribution in [3.63, 3.8) is 0 Å². The summed E-state index contributed by atoms with van der Waals surface area (Å²) in [5.41, 5.74) is 2.87. The number of hydrogen-bond acceptors (Lipinski definition) is 5. The van der Waals surface area contributed by atoms with Gasteiger partial charge in [0.25, 0.3) is 0 Å². The summed E-state index contributed by atoms with van der Waals surface area (Å²) in [5.74, 6) is 1.84. The number of oxazole rings is 1. The second-order valence-corrected chi connectivity index (χ2v) is 6.02. The highest BCUT2D eigenvalue weighted by atomic mass is 16.5. The summed E-state index contributed by atoms with van der Waals surface area (Å²) >= 11 is 0. The molecule has 0 atom stereocenters. The van der Waals surface area contributed by atoms with Crippen LogP contribution in [0, 0.1) is 0 Å². The summed E-state index contributed by atoms with van der Waals surface area (Å²) in [6.45, 7) is 0.447. The van der Waals surface area contributed by atoms with Gasteiger partial charge in [-0.3, -0.25) is 0 Å². The normalized spacial score (nSPS) is 11.0. The van der Waals surface area contributed by atoms with Crippen LogP contribution in [0.2, 0.25) is 0 Å². The first-order valence-electron chi connectivity index (χ1n) is 8.86. The average Bonchev–Trinajstić information content (AvgIpc) is 3.18. The molecule has 5 heteroatoms. The Balaban J connectivity index is 1.63. The van der Waals surface area contributed by atoms with Gasteiger partial charge in [-0.25, -0.2) is 4.98 Å². The molecule has 1 aromatic heterocycles. The lowest BCUT2D eigenvalue weighted by molar-refractivity contribution is 0.279. The van der Waals surface area contributed by atoms with Gasteiger partial charge in [0, 0.05) is 12.7 Å². The Labute approximate surface area is 158 Å². The summed E-state index contributed by atoms with van der Waals surface area (Å²) < 4.78 is 16.7. The number of methoxy groups -OCH3 is 1. The van der Waals surface area contributed by atoms with E-state index in [-0.39, 0.29) is 13.2 Å². The van der Waals surface area contributed by atoms with Crippen molar-refractivity contribution in [3.05, 3.63) is 77.5 Å². The number of benzene rings is 2. The van der Waals surface area contributed by atoms with E-state index in [9.17, 15) is 0 Å². The molecule has 0 spiro atoms. The Bertz CT molecular complexity index is 871. The van der Waals surface area contributed by atoms with Crippen LogP contribution in [-0.4, -0.2) is 23.8 Å². The molecule has 2 aromatic carbocycles. The van der Waals surface area contributed by atoms with Crippen molar-refractivity contribution in [3.8, 4) is 11.5 Å². The predicted octanol–water partition coefficient (Wildman–Crippen LogP) is 4.36. The molecule has 1 heterocycles. The highest BCUT2D eigenvalue weighted by molar-refractivity contribution is 5.65. The molecule has 140 valence electrons. The Morgan fingerprint density at radius 1 is 1.07 bits per heavy atom. The minimum atomic E-state index is 0.167. The maximum absolute atomic E-state index is 8.99. The molecule has 0 bridgehead atoms. The molecular formula is C22H23NO4. The molecule has 0 aliphatic carbocycles. The molecule has 0 saturated carbocycles. The second kappa shape index (κ2) is 9.59. The zero-order chi connectivity index (χ0) is 18.9. The van der Waals surface area contributed by atoms with Gasteiger partial charge in [0.1, 0.15) is 18.6 Å². The number of aliphatic hydroxyl groups excluding tert-OH is 1. The van der Waals surface area contributed by atoms with Crippen molar-refractivity contribution in [1.82, 2.24) is 4.98 Å². The van der Waals surface area contributed by atoms with E-state index >= 15 is 0 Å². The molecule has 0 amide bonds. The summed E-state index contributed by atoms with van der Waals surface area (Å²) in [5, 5.41) is 8.99. The van der Waals surface area contributed by atoms with Crippen LogP contribution in [0.5, 0.6) is 11.5 Å². The van der Waals surface area contributed by atoms with Gasteiger partial charge in [-0.2, -0.15) is 0 Å². The van der Waals surface area contributed by atoms with Crippen molar-refractivity contribution in [2.75, 3.05) is 13.7 Å². The summed E-state index contributed by atoms with van der Waals surface area (Å²) in [6, 6.07) is 15.8. The van der Waals surface area contributed by atoms with Crippen LogP contribution in [-0.2, 0) is 13.0 Å². The minimum absolute atomic E-state index is 0.167. The Hall–Kier alpha value is -3.05. The fourth-order valence-electron chi connectivity index (χ4n) is 2.62. The second-order valence-electron chi connectivity index (χ2n) is 6.02. The van der Waals surface area contributed by atoms with Gasteiger partial charge >= 0.3 is 0 Å². The third kappa shape index (κ3) is 5.46. The Kier molecular flexibility index (Phi) is 6.66. The first kappa shape index (κ1) is 18.7. The van der Waals surface area contributed by atoms with Crippen molar-refractivity contribution in [1.29, 1.82) is 0 Å². The molecule has 0 unspecified atom stereocenters. The monoisotopic (exact) mass is 365 g/mol. The SMILES string of the molecule is COc1ccc(CCCO)cc1OCc1coc(C=Cc2ccccc2)n1. The zero-order valence-electron chi connectivity index (χ0n) is 15.3. The van der Waals surface area contributed by atoms with E-state index in [1.54, 1.807) is 13.4 Å². The van der Waals surface area contributed by atoms with Gasteiger partial charge in [0.2, 0.25) is 5.89 Å². The third-order valence-electron chi connectivity index (χ3n) is 4.01. The lowest BCUT2D eigenvalue weighted by atomic mass is 10.1. The van der Waals surface area contributed by atoms with Crippen LogP contribution in [0.1, 0.15) is 29.1 Å². The zero-order valence-corrected chi connectivity index (χ0v) is 15.3. The van der Waals surface area contributed by atoms with E-state index in [4.69, 9.17) is 19.0 Å². The van der Waals surface area contributed by atoms with E-state index in [1.165, 1.54) is 0 Å². The number of aryl methyl sites for hydroxylation is 1. The molecule has 0 radical (unpaired) electrons. The summed E-state index contributed by atoms with van der Waals surface area (Å²) in [4.78, 5) is 4.42. The largest absolute Gasteiger partial charge is 0.493 e. The molecule has 3 aromatic rings. The van der Waals surface area contributed by atoms with Gasteiger partial charge in [-0.15, -0.1) is 0 Å². The van der Waals surface area contributed by atoms with E-state index < -0.39 is 0 Å². The lowest BCUT2D eigenvalue weighted by Crippen LogP contribution is -1.99. The molecule has 0 aliphatic rings. The fraction of sp³-hybridized carbons (Fsp3) is 0.227. The number of hydrogen-bond donors (Lipinski definition) is 1. The smallest absolute Gasteiger partial charge is 0.218 e. The quantitative estimate of drug-likeness (QED) is 0.610. The van der Waals surface area contributed by atoms with Crippen LogP contribution >= 0.6 is 0 Å². The molecule has 0 aliphatic heterocycles. The van der Waals surface area contributed by atoms with Gasteiger partial charge in [0.05, 0.1) is 7.11 Å². The van der Waals surface area contributed by atoms with Crippen LogP contribution in [0.4, 0.5) is 0 Å². The first-order valence-corrected chi connectivity index (χ1v) is 8.86. The van der Waals surface area contributed by atoms with Crippen molar-refractivity contribution in [2.24, 2.45) is 0 Å². The number of nitrogens with zero attached hydrogens (tertiary/aromatic N) is 1. The average molecular weight is 365 g/mol. The molecular weight excluding hydrogens is 342 g/mol. The highest BCUT2D eigenvalue weighted by Crippen LogP contribution is 2.29. The molecule has 0 saturated heterocycles. The standard InChI is InChI=1S/C22H23NO4/c1-25-20-11-9-18(8-5-13-24)14-21(20)26-15-19-16-27-22(23-19)12-10-17-6-3-2-4-7-17/h2-4,6-7,9-12,14,16,24H,5,8,13,15H2,1H3. The lowest BCUT2D eigenvalue weighted by Gasteiger charge is -2.11. The number of ether oxygens (including phenoxy) is 2. The highest BCUT2D eigenvalue weighted by Gasteiger charge is 2.08. The first-order chi connectivity index (χ1) is 13.3. The predicted molar refractivity (Wildman–Crippen MR) is 105 cm³/mol. The summed E-state index contributed by atoms with van der Waals surface area (Å²) in [6.07, 6.45) is 6.87. The van der Waals surface area contributed by atoms with Crippen LogP contribution in [0.3, 0.4) is 0 Å². The molecule has 1 N–H and O–H groups in total. The molecule has 0 fully saturated rings. The van der Waals surface area contributed by atoms with Crippen LogP contribution in [0.15, 0.2) is 59.2 Å². The van der Waals surface area contributed by atoms with Gasteiger partial charge in [-0.1, -0.05) is 36.4 Å². The van der Waals surface area contributed by atoms with Gasteiger partial charge < -0.3 is 19.0 Å². The summed E-state index contributed by atoms with van der Waals surface area (Å²) in [7, 11) is 1.61. The van der Waals surface area contributed by atoms with Gasteiger partial charge in [0.15, 0.2) is 11.5 Å². The minimum Gasteiger partial charge on any atom is -0.493 e. The maximum atomic E-state index is 8.99. The van der Waals surface area contributed by atoms with Crippen molar-refractivity contribution >= 4 is 12.2 Å². The maximum Gasteiger partial charge on any atom is 0.218 e. The third-order valence-corrected chi connectivity index (χ3v) is 4.01. The molecule has 27 heavy (non-hydrogen) atoms. The number of aromatic nitrogens is 1. The Morgan fingerprint density at radius 3 is 2.70 bits per heavy atom. The number of aliphatic hydroxyl groups is 1. The van der Waals surface area contributed by atoms with Crippen LogP contribution in [0.25, 0.3) is 12.2 Å². The van der Waals surface area contributed by atoms with E-state index in [2.05, 4.69) is 4.98 Å². The van der Waals surface area contributed by atoms with Crippen molar-refractivity contribution in [2.45, 2.75) is 19.4 Å². The Morgan fingerprint density at radius 2 is 1.93 bits per heavy atom. The molecule has 5 nitrogen and oxygen atoms in total. The van der Waals surface area contributed by atoms with Crippen molar-refractivity contribution < 1.29 is 19.0 Å².